The fourth-order valence-corrected chi connectivity index (χ4v) is 5.05. The molecule has 0 saturated carbocycles. The van der Waals surface area contributed by atoms with Crippen LogP contribution in [-0.2, 0) is 26.0 Å². The van der Waals surface area contributed by atoms with Crippen LogP contribution in [0.3, 0.4) is 0 Å². The predicted octanol–water partition coefficient (Wildman–Crippen LogP) is 4.13. The van der Waals surface area contributed by atoms with Crippen LogP contribution >= 0.6 is 0 Å². The molecular weight excluding hydrogens is 480 g/mol. The lowest BCUT2D eigenvalue weighted by Gasteiger charge is -2.21. The van der Waals surface area contributed by atoms with E-state index in [1.165, 1.54) is 20.3 Å². The van der Waals surface area contributed by atoms with Crippen molar-refractivity contribution in [3.63, 3.8) is 0 Å². The van der Waals surface area contributed by atoms with Crippen molar-refractivity contribution < 1.29 is 27.5 Å². The topological polar surface area (TPSA) is 111 Å². The molecule has 0 aliphatic heterocycles. The molecule has 1 unspecified atom stereocenters. The molecule has 0 radical (unpaired) electrons. The summed E-state index contributed by atoms with van der Waals surface area (Å²) in [5, 5.41) is 2.68. The summed E-state index contributed by atoms with van der Waals surface area (Å²) in [4.78, 5) is 25.5. The van der Waals surface area contributed by atoms with Crippen LogP contribution in [-0.4, -0.2) is 40.6 Å². The van der Waals surface area contributed by atoms with Crippen molar-refractivity contribution in [3.05, 3.63) is 89.5 Å². The van der Waals surface area contributed by atoms with Crippen LogP contribution in [0, 0.1) is 0 Å². The molecule has 3 aromatic carbocycles. The zero-order valence-corrected chi connectivity index (χ0v) is 21.5. The molecule has 0 fully saturated rings. The van der Waals surface area contributed by atoms with Gasteiger partial charge in [0, 0.05) is 0 Å². The molecule has 1 atom stereocenters. The quantitative estimate of drug-likeness (QED) is 0.397. The van der Waals surface area contributed by atoms with Crippen LogP contribution in [0.4, 0.5) is 5.69 Å². The first-order valence-electron chi connectivity index (χ1n) is 11.4. The van der Waals surface area contributed by atoms with E-state index in [0.717, 1.165) is 11.1 Å². The highest BCUT2D eigenvalue weighted by molar-refractivity contribution is 7.89. The summed E-state index contributed by atoms with van der Waals surface area (Å²) in [6.45, 7) is 3.91. The van der Waals surface area contributed by atoms with Crippen molar-refractivity contribution in [1.82, 2.24) is 4.72 Å². The molecule has 8 nitrogen and oxygen atoms in total. The van der Waals surface area contributed by atoms with Crippen LogP contribution in [0.1, 0.15) is 41.3 Å². The van der Waals surface area contributed by atoms with Crippen molar-refractivity contribution in [3.8, 4) is 5.75 Å². The van der Waals surface area contributed by atoms with Crippen molar-refractivity contribution in [2.75, 3.05) is 19.5 Å². The Hall–Kier alpha value is -3.69. The number of methoxy groups -OCH3 is 2. The number of rotatable bonds is 10. The molecule has 190 valence electrons. The summed E-state index contributed by atoms with van der Waals surface area (Å²) in [6.07, 6.45) is 0.0818. The van der Waals surface area contributed by atoms with Crippen LogP contribution in [0.5, 0.6) is 5.75 Å². The van der Waals surface area contributed by atoms with E-state index < -0.39 is 27.9 Å². The van der Waals surface area contributed by atoms with E-state index in [1.54, 1.807) is 60.7 Å². The number of hydrogen-bond acceptors (Lipinski definition) is 6. The minimum absolute atomic E-state index is 0.0583. The number of amides is 1. The highest BCUT2D eigenvalue weighted by atomic mass is 32.2. The van der Waals surface area contributed by atoms with E-state index >= 15 is 0 Å². The van der Waals surface area contributed by atoms with E-state index in [-0.39, 0.29) is 34.2 Å². The Balaban J connectivity index is 1.98. The van der Waals surface area contributed by atoms with Crippen molar-refractivity contribution >= 4 is 27.6 Å². The molecule has 0 aliphatic carbocycles. The fourth-order valence-electron chi connectivity index (χ4n) is 3.65. The fraction of sp³-hybridized carbons (Fsp3) is 0.259. The van der Waals surface area contributed by atoms with Gasteiger partial charge in [0.05, 0.1) is 25.5 Å². The zero-order chi connectivity index (χ0) is 26.3. The average Bonchev–Trinajstić information content (AvgIpc) is 2.88. The third-order valence-electron chi connectivity index (χ3n) is 5.63. The molecule has 0 heterocycles. The van der Waals surface area contributed by atoms with Gasteiger partial charge in [-0.1, -0.05) is 62.4 Å². The Morgan fingerprint density at radius 1 is 0.917 bits per heavy atom. The first-order chi connectivity index (χ1) is 17.2. The van der Waals surface area contributed by atoms with Gasteiger partial charge in [0.15, 0.2) is 0 Å². The van der Waals surface area contributed by atoms with E-state index in [9.17, 15) is 18.0 Å². The van der Waals surface area contributed by atoms with Crippen LogP contribution in [0.15, 0.2) is 77.7 Å². The van der Waals surface area contributed by atoms with E-state index in [0.29, 0.717) is 0 Å². The number of carbonyl (C=O) groups is 2. The number of esters is 1. The normalized spacial score (nSPS) is 12.1. The number of hydrogen-bond donors (Lipinski definition) is 2. The van der Waals surface area contributed by atoms with Gasteiger partial charge < -0.3 is 14.8 Å². The Kier molecular flexibility index (Phi) is 8.84. The SMILES string of the molecule is COC(=O)c1ccccc1NC(=O)C(Cc1ccccc1)NS(=O)(=O)c1cc(C(C)C)ccc1OC. The van der Waals surface area contributed by atoms with Gasteiger partial charge in [0.2, 0.25) is 15.9 Å². The molecular formula is C27H30N2O6S. The van der Waals surface area contributed by atoms with E-state index in [2.05, 4.69) is 10.0 Å². The molecule has 0 saturated heterocycles. The molecule has 0 aromatic heterocycles. The number of benzene rings is 3. The van der Waals surface area contributed by atoms with Crippen LogP contribution < -0.4 is 14.8 Å². The van der Waals surface area contributed by atoms with Gasteiger partial charge in [-0.15, -0.1) is 0 Å². The Morgan fingerprint density at radius 2 is 1.58 bits per heavy atom. The zero-order valence-electron chi connectivity index (χ0n) is 20.6. The van der Waals surface area contributed by atoms with Crippen LogP contribution in [0.2, 0.25) is 0 Å². The highest BCUT2D eigenvalue weighted by Gasteiger charge is 2.29. The summed E-state index contributed by atoms with van der Waals surface area (Å²) >= 11 is 0. The van der Waals surface area contributed by atoms with E-state index in [4.69, 9.17) is 9.47 Å². The number of carbonyl (C=O) groups excluding carboxylic acids is 2. The second-order valence-corrected chi connectivity index (χ2v) is 10.1. The van der Waals surface area contributed by atoms with Gasteiger partial charge >= 0.3 is 5.97 Å². The summed E-state index contributed by atoms with van der Waals surface area (Å²) in [5.41, 5.74) is 1.93. The van der Waals surface area contributed by atoms with Crippen LogP contribution in [0.25, 0.3) is 0 Å². The molecule has 3 aromatic rings. The number of anilines is 1. The maximum Gasteiger partial charge on any atom is 0.339 e. The standard InChI is InChI=1S/C27H30N2O6S/c1-18(2)20-14-15-24(34-3)25(17-20)36(32,33)29-23(16-19-10-6-5-7-11-19)26(30)28-22-13-9-8-12-21(22)27(31)35-4/h5-15,17-18,23,29H,16H2,1-4H3,(H,28,30). The van der Waals surface area contributed by atoms with Gasteiger partial charge in [-0.05, 0) is 47.7 Å². The Labute approximate surface area is 211 Å². The average molecular weight is 511 g/mol. The second-order valence-electron chi connectivity index (χ2n) is 8.46. The van der Waals surface area contributed by atoms with Crippen molar-refractivity contribution in [2.45, 2.75) is 37.1 Å². The maximum absolute atomic E-state index is 13.5. The lowest BCUT2D eigenvalue weighted by molar-refractivity contribution is -0.117. The lowest BCUT2D eigenvalue weighted by atomic mass is 10.0. The Bertz CT molecular complexity index is 1320. The Morgan fingerprint density at radius 3 is 2.22 bits per heavy atom. The largest absolute Gasteiger partial charge is 0.495 e. The third-order valence-corrected chi connectivity index (χ3v) is 7.12. The summed E-state index contributed by atoms with van der Waals surface area (Å²) < 4.78 is 39.7. The molecule has 3 rings (SSSR count). The minimum atomic E-state index is -4.17. The van der Waals surface area contributed by atoms with Gasteiger partial charge in [-0.25, -0.2) is 13.2 Å². The number of ether oxygens (including phenoxy) is 2. The number of sulfonamides is 1. The minimum Gasteiger partial charge on any atom is -0.495 e. The van der Waals surface area contributed by atoms with Crippen molar-refractivity contribution in [2.24, 2.45) is 0 Å². The third kappa shape index (κ3) is 6.50. The van der Waals surface area contributed by atoms with Crippen molar-refractivity contribution in [1.29, 1.82) is 0 Å². The monoisotopic (exact) mass is 510 g/mol. The maximum atomic E-state index is 13.5. The summed E-state index contributed by atoms with van der Waals surface area (Å²) in [5.74, 6) is -0.996. The second kappa shape index (κ2) is 11.8. The molecule has 2 N–H and O–H groups in total. The molecule has 0 bridgehead atoms. The lowest BCUT2D eigenvalue weighted by Crippen LogP contribution is -2.45. The van der Waals surface area contributed by atoms with Gasteiger partial charge in [-0.2, -0.15) is 4.72 Å². The first-order valence-corrected chi connectivity index (χ1v) is 12.9. The summed E-state index contributed by atoms with van der Waals surface area (Å²) in [6, 6.07) is 19.2. The smallest absolute Gasteiger partial charge is 0.339 e. The first kappa shape index (κ1) is 26.9. The molecule has 0 aliphatic rings. The molecule has 36 heavy (non-hydrogen) atoms. The van der Waals surface area contributed by atoms with Gasteiger partial charge in [0.1, 0.15) is 16.7 Å². The molecule has 9 heteroatoms. The molecule has 0 spiro atoms. The number of nitrogens with one attached hydrogen (secondary N) is 2. The van der Waals surface area contributed by atoms with Gasteiger partial charge in [-0.3, -0.25) is 4.79 Å². The van der Waals surface area contributed by atoms with Gasteiger partial charge in [0.25, 0.3) is 0 Å². The summed E-state index contributed by atoms with van der Waals surface area (Å²) in [7, 11) is -1.54. The number of para-hydroxylation sites is 1. The van der Waals surface area contributed by atoms with E-state index in [1.807, 2.05) is 19.9 Å². The predicted molar refractivity (Wildman–Crippen MR) is 138 cm³/mol. The molecule has 1 amide bonds. The highest BCUT2D eigenvalue weighted by Crippen LogP contribution is 2.28.